The Morgan fingerprint density at radius 3 is 2.58 bits per heavy atom. The Kier molecular flexibility index (Phi) is 8.76. The number of ether oxygens (including phenoxy) is 2. The fourth-order valence-corrected chi connectivity index (χ4v) is 7.06. The minimum atomic E-state index is -0.694. The molecule has 1 aliphatic rings. The quantitative estimate of drug-likeness (QED) is 0.165. The number of rotatable bonds is 8. The highest BCUT2D eigenvalue weighted by Crippen LogP contribution is 2.37. The number of nitrogens with zero attached hydrogens (tertiary/aromatic N) is 2. The third kappa shape index (κ3) is 6.17. The van der Waals surface area contributed by atoms with Gasteiger partial charge in [-0.1, -0.05) is 87.4 Å². The van der Waals surface area contributed by atoms with Gasteiger partial charge >= 0.3 is 5.97 Å². The summed E-state index contributed by atoms with van der Waals surface area (Å²) < 4.78 is 14.7. The number of esters is 1. The van der Waals surface area contributed by atoms with Crippen molar-refractivity contribution in [3.05, 3.63) is 147 Å². The van der Waals surface area contributed by atoms with Gasteiger partial charge in [0.15, 0.2) is 4.80 Å². The maximum Gasteiger partial charge on any atom is 0.338 e. The number of aromatic nitrogens is 1. The van der Waals surface area contributed by atoms with Crippen molar-refractivity contribution in [1.29, 1.82) is 0 Å². The normalized spacial score (nSPS) is 14.8. The van der Waals surface area contributed by atoms with Gasteiger partial charge in [-0.3, -0.25) is 9.36 Å². The lowest BCUT2D eigenvalue weighted by atomic mass is 9.97. The molecule has 6 nitrogen and oxygen atoms in total. The van der Waals surface area contributed by atoms with E-state index in [1.807, 2.05) is 72.1 Å². The fraction of sp³-hybridized carbons (Fsp3) is 0.121. The van der Waals surface area contributed by atoms with Crippen molar-refractivity contribution in [3.8, 4) is 5.75 Å². The van der Waals surface area contributed by atoms with Gasteiger partial charge in [-0.05, 0) is 60.3 Å². The lowest BCUT2D eigenvalue weighted by Gasteiger charge is -2.24. The summed E-state index contributed by atoms with van der Waals surface area (Å²) in [5.41, 5.74) is 2.98. The standard InChI is InChI=1S/C33H24BrClN2O4S2/c1-2-40-32(39)28-29(21-7-4-3-5-8-21)36-33-37(30(28)26-9-6-16-42-26)31(38)27(43-33)18-22-17-24(35)14-15-25(22)41-19-20-10-12-23(34)13-11-20/h3-18,30H,2,19H2,1H3/b27-18-/t30-/m1/s1. The van der Waals surface area contributed by atoms with E-state index in [0.29, 0.717) is 43.5 Å². The second-order valence-electron chi connectivity index (χ2n) is 9.54. The highest BCUT2D eigenvalue weighted by atomic mass is 79.9. The summed E-state index contributed by atoms with van der Waals surface area (Å²) in [4.78, 5) is 33.9. The molecule has 0 saturated carbocycles. The summed E-state index contributed by atoms with van der Waals surface area (Å²) in [6.07, 6.45) is 1.77. The molecule has 3 aromatic carbocycles. The summed E-state index contributed by atoms with van der Waals surface area (Å²) in [6, 6.07) is 25.8. The first-order valence-corrected chi connectivity index (χ1v) is 16.3. The molecule has 0 N–H and O–H groups in total. The number of fused-ring (bicyclic) bond motifs is 1. The molecule has 0 unspecified atom stereocenters. The van der Waals surface area contributed by atoms with Crippen molar-refractivity contribution in [2.24, 2.45) is 4.99 Å². The Hall–Kier alpha value is -3.76. The maximum atomic E-state index is 14.1. The smallest absolute Gasteiger partial charge is 0.338 e. The summed E-state index contributed by atoms with van der Waals surface area (Å²) in [7, 11) is 0. The SMILES string of the molecule is CCOC(=O)C1=C(c2ccccc2)N=c2s/c(=C\c3cc(Cl)ccc3OCc3ccc(Br)cc3)c(=O)n2[C@@H]1c1cccs1. The van der Waals surface area contributed by atoms with Gasteiger partial charge in [-0.25, -0.2) is 9.79 Å². The Balaban J connectivity index is 1.51. The lowest BCUT2D eigenvalue weighted by molar-refractivity contribution is -0.138. The summed E-state index contributed by atoms with van der Waals surface area (Å²) in [6.45, 7) is 2.31. The number of halogens is 2. The molecular weight excluding hydrogens is 668 g/mol. The predicted octanol–water partition coefficient (Wildman–Crippen LogP) is 6.99. The fourth-order valence-electron chi connectivity index (χ4n) is 4.80. The van der Waals surface area contributed by atoms with E-state index in [2.05, 4.69) is 15.9 Å². The van der Waals surface area contributed by atoms with E-state index in [9.17, 15) is 9.59 Å². The van der Waals surface area contributed by atoms with Crippen molar-refractivity contribution in [2.45, 2.75) is 19.6 Å². The van der Waals surface area contributed by atoms with Crippen LogP contribution >= 0.6 is 50.2 Å². The predicted molar refractivity (Wildman–Crippen MR) is 175 cm³/mol. The molecule has 0 fully saturated rings. The van der Waals surface area contributed by atoms with E-state index in [1.165, 1.54) is 22.7 Å². The number of carbonyl (C=O) groups excluding carboxylic acids is 1. The summed E-state index contributed by atoms with van der Waals surface area (Å²) in [5, 5.41) is 2.44. The van der Waals surface area contributed by atoms with Crippen LogP contribution in [0.5, 0.6) is 5.75 Å². The molecule has 0 aliphatic carbocycles. The number of carbonyl (C=O) groups is 1. The van der Waals surface area contributed by atoms with Crippen LogP contribution in [0.25, 0.3) is 11.8 Å². The second-order valence-corrected chi connectivity index (χ2v) is 12.9. The largest absolute Gasteiger partial charge is 0.488 e. The third-order valence-corrected chi connectivity index (χ3v) is 9.42. The first-order chi connectivity index (χ1) is 20.9. The Morgan fingerprint density at radius 1 is 1.07 bits per heavy atom. The van der Waals surface area contributed by atoms with Crippen LogP contribution in [0.2, 0.25) is 5.02 Å². The Labute approximate surface area is 269 Å². The number of hydrogen-bond acceptors (Lipinski definition) is 7. The van der Waals surface area contributed by atoms with Gasteiger partial charge < -0.3 is 9.47 Å². The van der Waals surface area contributed by atoms with Gasteiger partial charge in [0.05, 0.1) is 22.4 Å². The molecular formula is C33H24BrClN2O4S2. The minimum Gasteiger partial charge on any atom is -0.488 e. The molecule has 0 saturated heterocycles. The van der Waals surface area contributed by atoms with Crippen LogP contribution in [0.15, 0.2) is 110 Å². The van der Waals surface area contributed by atoms with E-state index >= 15 is 0 Å². The van der Waals surface area contributed by atoms with Gasteiger partial charge in [0.2, 0.25) is 0 Å². The zero-order valence-electron chi connectivity index (χ0n) is 22.8. The van der Waals surface area contributed by atoms with Crippen molar-refractivity contribution in [1.82, 2.24) is 4.57 Å². The first-order valence-electron chi connectivity index (χ1n) is 13.4. The zero-order valence-corrected chi connectivity index (χ0v) is 26.8. The topological polar surface area (TPSA) is 69.9 Å². The molecule has 6 rings (SSSR count). The molecule has 1 atom stereocenters. The molecule has 0 amide bonds. The molecule has 3 heterocycles. The van der Waals surface area contributed by atoms with Crippen molar-refractivity contribution < 1.29 is 14.3 Å². The van der Waals surface area contributed by atoms with E-state index in [0.717, 1.165) is 20.5 Å². The van der Waals surface area contributed by atoms with Crippen molar-refractivity contribution in [3.63, 3.8) is 0 Å². The van der Waals surface area contributed by atoms with Gasteiger partial charge in [-0.2, -0.15) is 0 Å². The molecule has 2 aromatic heterocycles. The van der Waals surface area contributed by atoms with Crippen LogP contribution in [0.4, 0.5) is 0 Å². The molecule has 216 valence electrons. The lowest BCUT2D eigenvalue weighted by Crippen LogP contribution is -2.39. The van der Waals surface area contributed by atoms with E-state index in [1.54, 1.807) is 35.8 Å². The monoisotopic (exact) mass is 690 g/mol. The van der Waals surface area contributed by atoms with Crippen LogP contribution in [0.1, 0.15) is 34.5 Å². The van der Waals surface area contributed by atoms with E-state index < -0.39 is 12.0 Å². The molecule has 0 radical (unpaired) electrons. The number of hydrogen-bond donors (Lipinski definition) is 0. The first kappa shape index (κ1) is 29.3. The molecule has 0 spiro atoms. The molecule has 1 aliphatic heterocycles. The maximum absolute atomic E-state index is 14.1. The number of thiazole rings is 1. The van der Waals surface area contributed by atoms with Gasteiger partial charge in [0.25, 0.3) is 5.56 Å². The van der Waals surface area contributed by atoms with Crippen LogP contribution < -0.4 is 19.6 Å². The zero-order chi connectivity index (χ0) is 29.9. The van der Waals surface area contributed by atoms with Crippen molar-refractivity contribution >= 4 is 67.9 Å². The number of thiophene rings is 1. The van der Waals surface area contributed by atoms with Gasteiger partial charge in [0, 0.05) is 25.5 Å². The Morgan fingerprint density at radius 2 is 1.86 bits per heavy atom. The summed E-state index contributed by atoms with van der Waals surface area (Å²) in [5.74, 6) is 0.0846. The molecule has 5 aromatic rings. The van der Waals surface area contributed by atoms with Crippen LogP contribution in [-0.2, 0) is 16.1 Å². The second kappa shape index (κ2) is 12.9. The van der Waals surface area contributed by atoms with E-state index in [-0.39, 0.29) is 12.2 Å². The van der Waals surface area contributed by atoms with Crippen molar-refractivity contribution in [2.75, 3.05) is 6.61 Å². The minimum absolute atomic E-state index is 0.198. The highest BCUT2D eigenvalue weighted by molar-refractivity contribution is 9.10. The number of benzene rings is 3. The average Bonchev–Trinajstić information content (AvgIpc) is 3.66. The van der Waals surface area contributed by atoms with Gasteiger partial charge in [-0.15, -0.1) is 11.3 Å². The molecule has 10 heteroatoms. The van der Waals surface area contributed by atoms with Crippen LogP contribution in [0, 0.1) is 0 Å². The highest BCUT2D eigenvalue weighted by Gasteiger charge is 2.35. The van der Waals surface area contributed by atoms with Crippen LogP contribution in [-0.4, -0.2) is 17.1 Å². The summed E-state index contributed by atoms with van der Waals surface area (Å²) >= 11 is 12.6. The molecule has 0 bridgehead atoms. The van der Waals surface area contributed by atoms with Gasteiger partial charge in [0.1, 0.15) is 18.4 Å². The average molecular weight is 692 g/mol. The van der Waals surface area contributed by atoms with E-state index in [4.69, 9.17) is 26.1 Å². The molecule has 43 heavy (non-hydrogen) atoms. The van der Waals surface area contributed by atoms with Crippen LogP contribution in [0.3, 0.4) is 0 Å². The third-order valence-electron chi connectivity index (χ3n) is 6.75. The Bertz CT molecular complexity index is 2000.